The number of anilines is 1. The highest BCUT2D eigenvalue weighted by Gasteiger charge is 2.21. The van der Waals surface area contributed by atoms with Crippen molar-refractivity contribution in [1.29, 1.82) is 0 Å². The summed E-state index contributed by atoms with van der Waals surface area (Å²) in [6, 6.07) is 23.7. The van der Waals surface area contributed by atoms with Gasteiger partial charge in [-0.05, 0) is 54.4 Å². The van der Waals surface area contributed by atoms with E-state index in [2.05, 4.69) is 10.4 Å². The molecule has 36 heavy (non-hydrogen) atoms. The Kier molecular flexibility index (Phi) is 7.80. The zero-order valence-electron chi connectivity index (χ0n) is 20.0. The number of benzene rings is 3. The van der Waals surface area contributed by atoms with Crippen molar-refractivity contribution in [3.63, 3.8) is 0 Å². The maximum Gasteiger partial charge on any atom is 0.254 e. The Bertz CT molecular complexity index is 1340. The van der Waals surface area contributed by atoms with Gasteiger partial charge in [-0.3, -0.25) is 9.59 Å². The van der Waals surface area contributed by atoms with E-state index >= 15 is 0 Å². The zero-order chi connectivity index (χ0) is 25.7. The standard InChI is InChI=1S/C28H26ClFN4O2/c1-19(2)17-33(28(36)21-8-10-22(29)11-9-21)18-27(35)31-26-16-25(20-6-4-3-5-7-20)32-34(26)24-14-12-23(30)13-15-24/h3-16,19H,17-18H2,1-2H3,(H,31,35). The highest BCUT2D eigenvalue weighted by molar-refractivity contribution is 6.30. The Balaban J connectivity index is 1.60. The van der Waals surface area contributed by atoms with Gasteiger partial charge in [-0.1, -0.05) is 55.8 Å². The smallest absolute Gasteiger partial charge is 0.254 e. The third kappa shape index (κ3) is 6.17. The normalized spacial score (nSPS) is 10.9. The van der Waals surface area contributed by atoms with Crippen LogP contribution in [0.15, 0.2) is 84.9 Å². The summed E-state index contributed by atoms with van der Waals surface area (Å²) >= 11 is 5.96. The van der Waals surface area contributed by atoms with Gasteiger partial charge in [0.25, 0.3) is 5.91 Å². The van der Waals surface area contributed by atoms with E-state index in [1.54, 1.807) is 47.1 Å². The lowest BCUT2D eigenvalue weighted by Crippen LogP contribution is -2.40. The SMILES string of the molecule is CC(C)CN(CC(=O)Nc1cc(-c2ccccc2)nn1-c1ccc(F)cc1)C(=O)c1ccc(Cl)cc1. The molecule has 0 saturated carbocycles. The molecule has 0 saturated heterocycles. The maximum atomic E-state index is 13.5. The van der Waals surface area contributed by atoms with Crippen LogP contribution >= 0.6 is 11.6 Å². The summed E-state index contributed by atoms with van der Waals surface area (Å²) < 4.78 is 15.1. The lowest BCUT2D eigenvalue weighted by atomic mass is 10.1. The van der Waals surface area contributed by atoms with Crippen LogP contribution in [0.25, 0.3) is 16.9 Å². The fourth-order valence-corrected chi connectivity index (χ4v) is 3.92. The van der Waals surface area contributed by atoms with E-state index in [-0.39, 0.29) is 30.1 Å². The molecule has 4 rings (SSSR count). The molecular formula is C28H26ClFN4O2. The highest BCUT2D eigenvalue weighted by Crippen LogP contribution is 2.25. The number of aromatic nitrogens is 2. The van der Waals surface area contributed by atoms with E-state index in [9.17, 15) is 14.0 Å². The van der Waals surface area contributed by atoms with Gasteiger partial charge in [-0.15, -0.1) is 0 Å². The third-order valence-corrected chi connectivity index (χ3v) is 5.67. The summed E-state index contributed by atoms with van der Waals surface area (Å²) in [5.74, 6) is -0.435. The summed E-state index contributed by atoms with van der Waals surface area (Å²) in [7, 11) is 0. The molecule has 6 nitrogen and oxygen atoms in total. The fourth-order valence-electron chi connectivity index (χ4n) is 3.79. The quantitative estimate of drug-likeness (QED) is 0.317. The molecule has 0 aliphatic rings. The molecule has 1 N–H and O–H groups in total. The van der Waals surface area contributed by atoms with Crippen LogP contribution in [0.2, 0.25) is 5.02 Å². The third-order valence-electron chi connectivity index (χ3n) is 5.42. The minimum atomic E-state index is -0.374. The van der Waals surface area contributed by atoms with Crippen LogP contribution in [-0.4, -0.2) is 39.6 Å². The monoisotopic (exact) mass is 504 g/mol. The van der Waals surface area contributed by atoms with Gasteiger partial charge in [0.1, 0.15) is 18.2 Å². The molecule has 0 aliphatic carbocycles. The van der Waals surface area contributed by atoms with Crippen LogP contribution in [0.3, 0.4) is 0 Å². The first kappa shape index (κ1) is 25.1. The summed E-state index contributed by atoms with van der Waals surface area (Å²) in [6.07, 6.45) is 0. The average Bonchev–Trinajstić information content (AvgIpc) is 3.28. The Morgan fingerprint density at radius 1 is 1.00 bits per heavy atom. The molecule has 0 radical (unpaired) electrons. The predicted molar refractivity (Wildman–Crippen MR) is 140 cm³/mol. The highest BCUT2D eigenvalue weighted by atomic mass is 35.5. The van der Waals surface area contributed by atoms with Gasteiger partial charge in [0.05, 0.1) is 11.4 Å². The number of nitrogens with zero attached hydrogens (tertiary/aromatic N) is 3. The van der Waals surface area contributed by atoms with Crippen molar-refractivity contribution in [3.05, 3.63) is 101 Å². The number of hydrogen-bond donors (Lipinski definition) is 1. The summed E-state index contributed by atoms with van der Waals surface area (Å²) in [5.41, 5.74) is 2.56. The minimum Gasteiger partial charge on any atom is -0.329 e. The van der Waals surface area contributed by atoms with Crippen molar-refractivity contribution in [3.8, 4) is 16.9 Å². The van der Waals surface area contributed by atoms with E-state index < -0.39 is 0 Å². The Labute approximate surface area is 214 Å². The largest absolute Gasteiger partial charge is 0.329 e. The molecule has 8 heteroatoms. The topological polar surface area (TPSA) is 67.2 Å². The number of nitrogens with one attached hydrogen (secondary N) is 1. The fraction of sp³-hybridized carbons (Fsp3) is 0.179. The number of carbonyl (C=O) groups excluding carboxylic acids is 2. The van der Waals surface area contributed by atoms with Crippen molar-refractivity contribution >= 4 is 29.2 Å². The van der Waals surface area contributed by atoms with Crippen molar-refractivity contribution < 1.29 is 14.0 Å². The zero-order valence-corrected chi connectivity index (χ0v) is 20.7. The van der Waals surface area contributed by atoms with Gasteiger partial charge < -0.3 is 10.2 Å². The van der Waals surface area contributed by atoms with Crippen molar-refractivity contribution in [2.45, 2.75) is 13.8 Å². The van der Waals surface area contributed by atoms with Crippen LogP contribution in [0, 0.1) is 11.7 Å². The second-order valence-electron chi connectivity index (χ2n) is 8.80. The van der Waals surface area contributed by atoms with Crippen LogP contribution in [-0.2, 0) is 4.79 Å². The first-order valence-corrected chi connectivity index (χ1v) is 11.9. The van der Waals surface area contributed by atoms with Gasteiger partial charge in [-0.25, -0.2) is 9.07 Å². The predicted octanol–water partition coefficient (Wildman–Crippen LogP) is 6.07. The molecule has 1 heterocycles. The average molecular weight is 505 g/mol. The molecule has 4 aromatic rings. The summed E-state index contributed by atoms with van der Waals surface area (Å²) in [4.78, 5) is 27.8. The lowest BCUT2D eigenvalue weighted by molar-refractivity contribution is -0.117. The van der Waals surface area contributed by atoms with Crippen LogP contribution in [0.5, 0.6) is 0 Å². The lowest BCUT2D eigenvalue weighted by Gasteiger charge is -2.24. The van der Waals surface area contributed by atoms with Crippen LogP contribution in [0.4, 0.5) is 10.2 Å². The van der Waals surface area contributed by atoms with Gasteiger partial charge in [-0.2, -0.15) is 5.10 Å². The molecule has 0 fully saturated rings. The number of hydrogen-bond acceptors (Lipinski definition) is 3. The van der Waals surface area contributed by atoms with Crippen molar-refractivity contribution in [2.24, 2.45) is 5.92 Å². The molecule has 1 aromatic heterocycles. The molecule has 0 aliphatic heterocycles. The summed E-state index contributed by atoms with van der Waals surface area (Å²) in [5, 5.41) is 8.05. The number of halogens is 2. The van der Waals surface area contributed by atoms with E-state index in [4.69, 9.17) is 11.6 Å². The number of carbonyl (C=O) groups is 2. The van der Waals surface area contributed by atoms with Crippen molar-refractivity contribution in [1.82, 2.24) is 14.7 Å². The molecular weight excluding hydrogens is 479 g/mol. The molecule has 184 valence electrons. The van der Waals surface area contributed by atoms with Gasteiger partial charge >= 0.3 is 0 Å². The van der Waals surface area contributed by atoms with Crippen LogP contribution in [0.1, 0.15) is 24.2 Å². The molecule has 0 unspecified atom stereocenters. The minimum absolute atomic E-state index is 0.144. The first-order valence-electron chi connectivity index (χ1n) is 11.6. The molecule has 0 atom stereocenters. The molecule has 3 aromatic carbocycles. The second kappa shape index (κ2) is 11.2. The summed E-state index contributed by atoms with van der Waals surface area (Å²) in [6.45, 7) is 4.22. The molecule has 2 amide bonds. The van der Waals surface area contributed by atoms with Crippen molar-refractivity contribution in [2.75, 3.05) is 18.4 Å². The molecule has 0 spiro atoms. The van der Waals surface area contributed by atoms with E-state index in [0.29, 0.717) is 34.3 Å². The number of rotatable bonds is 8. The maximum absolute atomic E-state index is 13.5. The van der Waals surface area contributed by atoms with Crippen LogP contribution < -0.4 is 5.32 Å². The van der Waals surface area contributed by atoms with E-state index in [1.807, 2.05) is 44.2 Å². The van der Waals surface area contributed by atoms with Gasteiger partial charge in [0.2, 0.25) is 5.91 Å². The van der Waals surface area contributed by atoms with Gasteiger partial charge in [0.15, 0.2) is 0 Å². The Hall–Kier alpha value is -3.97. The Morgan fingerprint density at radius 3 is 2.31 bits per heavy atom. The first-order chi connectivity index (χ1) is 17.3. The van der Waals surface area contributed by atoms with Gasteiger partial charge in [0, 0.05) is 28.8 Å². The van der Waals surface area contributed by atoms with E-state index in [1.165, 1.54) is 17.0 Å². The Morgan fingerprint density at radius 2 is 1.67 bits per heavy atom. The second-order valence-corrected chi connectivity index (χ2v) is 9.24. The van der Waals surface area contributed by atoms with E-state index in [0.717, 1.165) is 5.56 Å². The molecule has 0 bridgehead atoms. The number of amides is 2.